The molecule has 0 aromatic rings. The molecule has 4 unspecified atom stereocenters. The third-order valence-electron chi connectivity index (χ3n) is 7.81. The van der Waals surface area contributed by atoms with Gasteiger partial charge < -0.3 is 15.5 Å². The first kappa shape index (κ1) is 33.1. The van der Waals surface area contributed by atoms with Gasteiger partial charge in [-0.1, -0.05) is 105 Å². The van der Waals surface area contributed by atoms with Crippen molar-refractivity contribution in [3.8, 4) is 0 Å². The van der Waals surface area contributed by atoms with E-state index in [-0.39, 0.29) is 23.4 Å². The summed E-state index contributed by atoms with van der Waals surface area (Å²) < 4.78 is 0. The molecule has 0 radical (unpaired) electrons. The van der Waals surface area contributed by atoms with Crippen LogP contribution in [0.15, 0.2) is 72.0 Å². The van der Waals surface area contributed by atoms with Crippen molar-refractivity contribution in [2.75, 3.05) is 13.1 Å². The molecule has 39 heavy (non-hydrogen) atoms. The van der Waals surface area contributed by atoms with Crippen LogP contribution < -0.4 is 10.6 Å². The molecule has 1 aliphatic heterocycles. The number of likely N-dealkylation sites (tertiary alicyclic amines) is 1. The molecule has 5 heteroatoms. The van der Waals surface area contributed by atoms with E-state index in [1.54, 1.807) is 11.8 Å². The number of carbonyl (C=O) groups excluding carboxylic acids is 1. The summed E-state index contributed by atoms with van der Waals surface area (Å²) in [6, 6.07) is -0.160. The van der Waals surface area contributed by atoms with E-state index in [4.69, 9.17) is 0 Å². The van der Waals surface area contributed by atoms with Crippen molar-refractivity contribution in [3.05, 3.63) is 72.0 Å². The zero-order chi connectivity index (χ0) is 29.2. The Morgan fingerprint density at radius 2 is 1.95 bits per heavy atom. The van der Waals surface area contributed by atoms with Gasteiger partial charge in [0.2, 0.25) is 5.91 Å². The zero-order valence-electron chi connectivity index (χ0n) is 25.8. The third-order valence-corrected chi connectivity index (χ3v) is 9.11. The average molecular weight is 554 g/mol. The largest absolute Gasteiger partial charge is 0.380 e. The van der Waals surface area contributed by atoms with Crippen molar-refractivity contribution in [2.24, 2.45) is 17.3 Å². The van der Waals surface area contributed by atoms with Crippen LogP contribution in [0.3, 0.4) is 0 Å². The van der Waals surface area contributed by atoms with Crippen LogP contribution in [-0.4, -0.2) is 41.2 Å². The third kappa shape index (κ3) is 9.77. The maximum atomic E-state index is 13.5. The first-order valence-corrected chi connectivity index (χ1v) is 15.9. The summed E-state index contributed by atoms with van der Waals surface area (Å²) in [6.45, 7) is 29.8. The standard InChI is InChI=1S/C34H55N3OS/c1-11-13-14-16-26(6)36-32(34(8,9)10)27(7)37-22-15-17-30(37)33(38)35-23-28-19-18-25(5)29(21-20-28)31(24(3)4)39-12-2/h12,18-21,24-25,30-32,36H,2,6-7,11,13-17,22-23H2,1,3-5,8-10H3,(H,35,38). The minimum Gasteiger partial charge on any atom is -0.380 e. The van der Waals surface area contributed by atoms with E-state index in [2.05, 4.69) is 108 Å². The lowest BCUT2D eigenvalue weighted by atomic mass is 9.84. The number of allylic oxidation sites excluding steroid dienone is 4. The van der Waals surface area contributed by atoms with Gasteiger partial charge in [0.15, 0.2) is 0 Å². The van der Waals surface area contributed by atoms with E-state index in [9.17, 15) is 4.79 Å². The lowest BCUT2D eigenvalue weighted by molar-refractivity contribution is -0.124. The van der Waals surface area contributed by atoms with Crippen LogP contribution in [-0.2, 0) is 4.79 Å². The topological polar surface area (TPSA) is 44.4 Å². The predicted octanol–water partition coefficient (Wildman–Crippen LogP) is 8.14. The van der Waals surface area contributed by atoms with Crippen molar-refractivity contribution < 1.29 is 4.79 Å². The van der Waals surface area contributed by atoms with Crippen LogP contribution in [0.25, 0.3) is 0 Å². The first-order valence-electron chi connectivity index (χ1n) is 14.9. The molecule has 4 nitrogen and oxygen atoms in total. The molecule has 0 aromatic heterocycles. The van der Waals surface area contributed by atoms with E-state index in [0.29, 0.717) is 23.6 Å². The molecule has 2 N–H and O–H groups in total. The van der Waals surface area contributed by atoms with Crippen LogP contribution in [0.1, 0.15) is 87.0 Å². The Kier molecular flexibility index (Phi) is 13.2. The molecule has 218 valence electrons. The molecule has 2 aliphatic rings. The number of thioether (sulfide) groups is 1. The summed E-state index contributed by atoms with van der Waals surface area (Å²) in [5.41, 5.74) is 4.53. The van der Waals surface area contributed by atoms with Gasteiger partial charge in [-0.3, -0.25) is 4.79 Å². The zero-order valence-corrected chi connectivity index (χ0v) is 26.6. The van der Waals surface area contributed by atoms with Crippen LogP contribution in [0.2, 0.25) is 0 Å². The fourth-order valence-electron chi connectivity index (χ4n) is 5.51. The Labute approximate surface area is 244 Å². The number of hydrogen-bond donors (Lipinski definition) is 2. The highest BCUT2D eigenvalue weighted by molar-refractivity contribution is 8.02. The molecule has 1 saturated heterocycles. The summed E-state index contributed by atoms with van der Waals surface area (Å²) in [7, 11) is 0. The number of unbranched alkanes of at least 4 members (excludes halogenated alkanes) is 2. The molecule has 0 bridgehead atoms. The van der Waals surface area contributed by atoms with E-state index in [1.807, 2.05) is 5.41 Å². The summed E-state index contributed by atoms with van der Waals surface area (Å²) >= 11 is 1.79. The second-order valence-corrected chi connectivity index (χ2v) is 13.7. The molecule has 4 atom stereocenters. The summed E-state index contributed by atoms with van der Waals surface area (Å²) in [5.74, 6) is 0.953. The van der Waals surface area contributed by atoms with Gasteiger partial charge in [-0.2, -0.15) is 0 Å². The van der Waals surface area contributed by atoms with Crippen LogP contribution in [0, 0.1) is 17.3 Å². The fraction of sp³-hybridized carbons (Fsp3) is 0.618. The predicted molar refractivity (Wildman–Crippen MR) is 172 cm³/mol. The lowest BCUT2D eigenvalue weighted by Crippen LogP contribution is -2.50. The maximum absolute atomic E-state index is 13.5. The number of hydrogen-bond acceptors (Lipinski definition) is 4. The summed E-state index contributed by atoms with van der Waals surface area (Å²) in [4.78, 5) is 15.7. The highest BCUT2D eigenvalue weighted by atomic mass is 32.2. The van der Waals surface area contributed by atoms with Crippen molar-refractivity contribution in [1.29, 1.82) is 0 Å². The Morgan fingerprint density at radius 1 is 1.23 bits per heavy atom. The molecule has 2 rings (SSSR count). The average Bonchev–Trinajstić information content (AvgIpc) is 3.29. The number of nitrogens with one attached hydrogen (secondary N) is 2. The Balaban J connectivity index is 2.09. The number of amides is 1. The number of carbonyl (C=O) groups is 1. The van der Waals surface area contributed by atoms with Crippen LogP contribution >= 0.6 is 11.8 Å². The second-order valence-electron chi connectivity index (χ2n) is 12.6. The van der Waals surface area contributed by atoms with Crippen molar-refractivity contribution >= 4 is 17.7 Å². The summed E-state index contributed by atoms with van der Waals surface area (Å²) in [6.07, 6.45) is 15.2. The van der Waals surface area contributed by atoms with Gasteiger partial charge >= 0.3 is 0 Å². The number of nitrogens with zero attached hydrogens (tertiary/aromatic N) is 1. The normalized spacial score (nSPS) is 21.1. The number of rotatable bonds is 15. The van der Waals surface area contributed by atoms with Gasteiger partial charge in [0.1, 0.15) is 6.04 Å². The molecule has 0 saturated carbocycles. The monoisotopic (exact) mass is 553 g/mol. The quantitative estimate of drug-likeness (QED) is 0.201. The Bertz CT molecular complexity index is 952. The molecule has 1 fully saturated rings. The minimum atomic E-state index is -0.188. The maximum Gasteiger partial charge on any atom is 0.242 e. The molecule has 1 amide bonds. The molecule has 1 heterocycles. The van der Waals surface area contributed by atoms with Gasteiger partial charge in [0.25, 0.3) is 0 Å². The highest BCUT2D eigenvalue weighted by Gasteiger charge is 2.37. The Morgan fingerprint density at radius 3 is 2.56 bits per heavy atom. The van der Waals surface area contributed by atoms with Crippen molar-refractivity contribution in [2.45, 2.75) is 104 Å². The van der Waals surface area contributed by atoms with Gasteiger partial charge in [-0.25, -0.2) is 0 Å². The van der Waals surface area contributed by atoms with Gasteiger partial charge in [-0.15, -0.1) is 11.8 Å². The second kappa shape index (κ2) is 15.6. The van der Waals surface area contributed by atoms with Gasteiger partial charge in [-0.05, 0) is 59.5 Å². The lowest BCUT2D eigenvalue weighted by Gasteiger charge is -2.40. The van der Waals surface area contributed by atoms with Crippen molar-refractivity contribution in [3.63, 3.8) is 0 Å². The molecule has 1 aliphatic carbocycles. The van der Waals surface area contributed by atoms with E-state index in [1.165, 1.54) is 18.4 Å². The Hall–Kier alpha value is -2.14. The fourth-order valence-corrected chi connectivity index (χ4v) is 6.48. The van der Waals surface area contributed by atoms with E-state index in [0.717, 1.165) is 49.2 Å². The highest BCUT2D eigenvalue weighted by Crippen LogP contribution is 2.34. The minimum absolute atomic E-state index is 0.0277. The molecular weight excluding hydrogens is 498 g/mol. The SMILES string of the molecule is C=CSC(C1=CC=C(CNC(=O)C2CCCN2C(=C)C(NC(=C)CCCCC)C(C)(C)C)C=CC1C)C(C)C. The first-order chi connectivity index (χ1) is 18.4. The molecule has 0 aromatic carbocycles. The van der Waals surface area contributed by atoms with Gasteiger partial charge in [0, 0.05) is 29.7 Å². The van der Waals surface area contributed by atoms with E-state index >= 15 is 0 Å². The molecular formula is C34H55N3OS. The van der Waals surface area contributed by atoms with Crippen molar-refractivity contribution in [1.82, 2.24) is 15.5 Å². The van der Waals surface area contributed by atoms with Crippen LogP contribution in [0.5, 0.6) is 0 Å². The van der Waals surface area contributed by atoms with Gasteiger partial charge in [0.05, 0.1) is 6.04 Å². The van der Waals surface area contributed by atoms with E-state index < -0.39 is 0 Å². The van der Waals surface area contributed by atoms with Crippen LogP contribution in [0.4, 0.5) is 0 Å². The summed E-state index contributed by atoms with van der Waals surface area (Å²) in [5, 5.41) is 9.26. The smallest absolute Gasteiger partial charge is 0.242 e. The molecule has 0 spiro atoms.